The minimum absolute atomic E-state index is 0.136. The Kier molecular flexibility index (Phi) is 6.69. The fourth-order valence-corrected chi connectivity index (χ4v) is 2.55. The van der Waals surface area contributed by atoms with E-state index >= 15 is 0 Å². The van der Waals surface area contributed by atoms with Crippen LogP contribution in [0.3, 0.4) is 0 Å². The number of halogens is 1. The van der Waals surface area contributed by atoms with E-state index in [0.717, 1.165) is 0 Å². The maximum atomic E-state index is 12.7. The highest BCUT2D eigenvalue weighted by atomic mass is 35.5. The van der Waals surface area contributed by atoms with Gasteiger partial charge in [-0.1, -0.05) is 48.0 Å². The lowest BCUT2D eigenvalue weighted by molar-refractivity contribution is -0.132. The van der Waals surface area contributed by atoms with Gasteiger partial charge in [0.15, 0.2) is 5.78 Å². The van der Waals surface area contributed by atoms with Crippen LogP contribution in [0.4, 0.5) is 5.69 Å². The average molecular weight is 371 g/mol. The average Bonchev–Trinajstić information content (AvgIpc) is 2.63. The fraction of sp³-hybridized carbons (Fsp3) is 0.150. The summed E-state index contributed by atoms with van der Waals surface area (Å²) in [6, 6.07) is 13.4. The third-order valence-corrected chi connectivity index (χ3v) is 3.90. The molecule has 0 atom stereocenters. The van der Waals surface area contributed by atoms with E-state index in [1.807, 2.05) is 6.07 Å². The van der Waals surface area contributed by atoms with E-state index in [2.05, 4.69) is 11.9 Å². The molecule has 134 valence electrons. The van der Waals surface area contributed by atoms with Crippen molar-refractivity contribution in [1.29, 1.82) is 0 Å². The summed E-state index contributed by atoms with van der Waals surface area (Å²) < 4.78 is 0. The number of ketones is 1. The summed E-state index contributed by atoms with van der Waals surface area (Å²) in [5, 5.41) is 3.07. The van der Waals surface area contributed by atoms with Crippen LogP contribution in [0.5, 0.6) is 0 Å². The predicted molar refractivity (Wildman–Crippen MR) is 102 cm³/mol. The molecule has 0 bridgehead atoms. The van der Waals surface area contributed by atoms with Crippen LogP contribution in [-0.2, 0) is 9.59 Å². The first-order valence-corrected chi connectivity index (χ1v) is 8.35. The molecule has 0 aromatic heterocycles. The quantitative estimate of drug-likeness (QED) is 0.598. The number of nitrogens with zero attached hydrogens (tertiary/aromatic N) is 1. The highest BCUT2D eigenvalue weighted by molar-refractivity contribution is 6.31. The van der Waals surface area contributed by atoms with Gasteiger partial charge in [0.2, 0.25) is 11.8 Å². The first-order valence-electron chi connectivity index (χ1n) is 7.98. The molecule has 0 aliphatic carbocycles. The molecular weight excluding hydrogens is 352 g/mol. The number of carbonyl (C=O) groups excluding carboxylic acids is 3. The van der Waals surface area contributed by atoms with E-state index in [1.54, 1.807) is 42.5 Å². The number of amides is 2. The van der Waals surface area contributed by atoms with E-state index in [4.69, 9.17) is 11.6 Å². The second-order valence-corrected chi connectivity index (χ2v) is 6.06. The number of anilines is 1. The van der Waals surface area contributed by atoms with Gasteiger partial charge >= 0.3 is 0 Å². The standard InChI is InChI=1S/C20H19ClN2O3/c1-3-11-23(14(2)24)13-19(25)22-18-10-9-16(21)12-17(18)20(26)15-7-5-4-6-8-15/h3-10,12H,1,11,13H2,2H3,(H,22,25). The molecular formula is C20H19ClN2O3. The minimum atomic E-state index is -0.411. The lowest BCUT2D eigenvalue weighted by atomic mass is 10.0. The van der Waals surface area contributed by atoms with Gasteiger partial charge in [-0.3, -0.25) is 14.4 Å². The molecule has 0 aliphatic heterocycles. The second-order valence-electron chi connectivity index (χ2n) is 5.62. The first-order chi connectivity index (χ1) is 12.4. The molecule has 2 amide bonds. The van der Waals surface area contributed by atoms with Crippen molar-refractivity contribution in [1.82, 2.24) is 4.90 Å². The number of hydrogen-bond donors (Lipinski definition) is 1. The maximum absolute atomic E-state index is 12.7. The van der Waals surface area contributed by atoms with E-state index < -0.39 is 5.91 Å². The van der Waals surface area contributed by atoms with Gasteiger partial charge in [0, 0.05) is 29.6 Å². The Hall–Kier alpha value is -2.92. The zero-order valence-corrected chi connectivity index (χ0v) is 15.1. The summed E-state index contributed by atoms with van der Waals surface area (Å²) in [6.07, 6.45) is 1.54. The van der Waals surface area contributed by atoms with Gasteiger partial charge in [0.1, 0.15) is 6.54 Å². The molecule has 2 aromatic carbocycles. The summed E-state index contributed by atoms with van der Waals surface area (Å²) in [7, 11) is 0. The van der Waals surface area contributed by atoms with Crippen molar-refractivity contribution in [2.24, 2.45) is 0 Å². The molecule has 0 saturated carbocycles. The summed E-state index contributed by atoms with van der Waals surface area (Å²) in [5.41, 5.74) is 1.12. The van der Waals surface area contributed by atoms with Gasteiger partial charge in [0.25, 0.3) is 0 Å². The molecule has 0 saturated heterocycles. The molecule has 0 spiro atoms. The van der Waals surface area contributed by atoms with Crippen LogP contribution in [0.15, 0.2) is 61.2 Å². The molecule has 2 aromatic rings. The number of hydrogen-bond acceptors (Lipinski definition) is 3. The Morgan fingerprint density at radius 2 is 1.85 bits per heavy atom. The van der Waals surface area contributed by atoms with Gasteiger partial charge in [-0.05, 0) is 18.2 Å². The zero-order valence-electron chi connectivity index (χ0n) is 14.4. The molecule has 6 heteroatoms. The number of benzene rings is 2. The van der Waals surface area contributed by atoms with E-state index in [1.165, 1.54) is 17.9 Å². The van der Waals surface area contributed by atoms with E-state index in [9.17, 15) is 14.4 Å². The van der Waals surface area contributed by atoms with Crippen molar-refractivity contribution in [3.05, 3.63) is 77.3 Å². The highest BCUT2D eigenvalue weighted by Crippen LogP contribution is 2.23. The van der Waals surface area contributed by atoms with E-state index in [0.29, 0.717) is 16.3 Å². The van der Waals surface area contributed by atoms with Crippen molar-refractivity contribution in [3.8, 4) is 0 Å². The summed E-state index contributed by atoms with van der Waals surface area (Å²) in [4.78, 5) is 38.0. The number of carbonyl (C=O) groups is 3. The number of nitrogens with one attached hydrogen (secondary N) is 1. The largest absolute Gasteiger partial charge is 0.330 e. The Morgan fingerprint density at radius 1 is 1.15 bits per heavy atom. The monoisotopic (exact) mass is 370 g/mol. The molecule has 2 rings (SSSR count). The summed E-state index contributed by atoms with van der Waals surface area (Å²) in [6.45, 7) is 5.08. The Balaban J connectivity index is 2.24. The van der Waals surface area contributed by atoms with Gasteiger partial charge in [-0.15, -0.1) is 6.58 Å². The van der Waals surface area contributed by atoms with Crippen molar-refractivity contribution in [2.75, 3.05) is 18.4 Å². The molecule has 1 N–H and O–H groups in total. The Morgan fingerprint density at radius 3 is 2.46 bits per heavy atom. The van der Waals surface area contributed by atoms with Crippen molar-refractivity contribution >= 4 is 34.9 Å². The topological polar surface area (TPSA) is 66.5 Å². The molecule has 26 heavy (non-hydrogen) atoms. The predicted octanol–water partition coefficient (Wildman–Crippen LogP) is 3.54. The van der Waals surface area contributed by atoms with Crippen molar-refractivity contribution in [2.45, 2.75) is 6.92 Å². The highest BCUT2D eigenvalue weighted by Gasteiger charge is 2.18. The van der Waals surface area contributed by atoms with Crippen LogP contribution >= 0.6 is 11.6 Å². The second kappa shape index (κ2) is 8.97. The van der Waals surface area contributed by atoms with Crippen LogP contribution in [0.25, 0.3) is 0 Å². The van der Waals surface area contributed by atoms with Gasteiger partial charge in [0.05, 0.1) is 5.69 Å². The third kappa shape index (κ3) is 5.04. The smallest absolute Gasteiger partial charge is 0.244 e. The SMILES string of the molecule is C=CCN(CC(=O)Nc1ccc(Cl)cc1C(=O)c1ccccc1)C(C)=O. The van der Waals surface area contributed by atoms with Gasteiger partial charge < -0.3 is 10.2 Å². The summed E-state index contributed by atoms with van der Waals surface area (Å²) in [5.74, 6) is -0.902. The first kappa shape index (κ1) is 19.4. The van der Waals surface area contributed by atoms with Crippen LogP contribution < -0.4 is 5.32 Å². The molecule has 5 nitrogen and oxygen atoms in total. The molecule has 0 radical (unpaired) electrons. The van der Waals surface area contributed by atoms with Crippen LogP contribution in [0.2, 0.25) is 5.02 Å². The Labute approximate surface area is 157 Å². The minimum Gasteiger partial charge on any atom is -0.330 e. The lowest BCUT2D eigenvalue weighted by Gasteiger charge is -2.19. The maximum Gasteiger partial charge on any atom is 0.244 e. The normalized spacial score (nSPS) is 10.1. The Bertz CT molecular complexity index is 834. The molecule has 0 unspecified atom stereocenters. The van der Waals surface area contributed by atoms with Crippen LogP contribution in [-0.4, -0.2) is 35.6 Å². The van der Waals surface area contributed by atoms with Crippen LogP contribution in [0, 0.1) is 0 Å². The molecule has 0 fully saturated rings. The lowest BCUT2D eigenvalue weighted by Crippen LogP contribution is -2.36. The van der Waals surface area contributed by atoms with Gasteiger partial charge in [-0.25, -0.2) is 0 Å². The van der Waals surface area contributed by atoms with Crippen molar-refractivity contribution in [3.63, 3.8) is 0 Å². The van der Waals surface area contributed by atoms with E-state index in [-0.39, 0.29) is 30.3 Å². The molecule has 0 heterocycles. The fourth-order valence-electron chi connectivity index (χ4n) is 2.38. The third-order valence-electron chi connectivity index (χ3n) is 3.67. The van der Waals surface area contributed by atoms with Crippen molar-refractivity contribution < 1.29 is 14.4 Å². The molecule has 0 aliphatic rings. The number of rotatable bonds is 7. The van der Waals surface area contributed by atoms with Crippen LogP contribution in [0.1, 0.15) is 22.8 Å². The van der Waals surface area contributed by atoms with Gasteiger partial charge in [-0.2, -0.15) is 0 Å². The summed E-state index contributed by atoms with van der Waals surface area (Å²) >= 11 is 6.02. The zero-order chi connectivity index (χ0) is 19.1.